The fourth-order valence-electron chi connectivity index (χ4n) is 1.51. The molecular formula is C12H19N3O2. The number of pyridine rings is 1. The molecule has 17 heavy (non-hydrogen) atoms. The topological polar surface area (TPSA) is 79.5 Å². The third-order valence-electron chi connectivity index (χ3n) is 2.60. The Labute approximate surface area is 101 Å². The summed E-state index contributed by atoms with van der Waals surface area (Å²) in [5.41, 5.74) is 6.14. The Balaban J connectivity index is 2.90. The quantitative estimate of drug-likeness (QED) is 0.817. The number of aromatic nitrogens is 1. The number of nitrogens with two attached hydrogens (primary N) is 1. The molecule has 0 saturated carbocycles. The van der Waals surface area contributed by atoms with E-state index in [1.807, 2.05) is 11.9 Å². The largest absolute Gasteiger partial charge is 0.478 e. The van der Waals surface area contributed by atoms with Gasteiger partial charge in [0.2, 0.25) is 0 Å². The maximum absolute atomic E-state index is 10.9. The summed E-state index contributed by atoms with van der Waals surface area (Å²) in [5.74, 6) is 0.0929. The smallest absolute Gasteiger partial charge is 0.337 e. The molecule has 1 heterocycles. The lowest BCUT2D eigenvalue weighted by Gasteiger charge is -2.21. The molecule has 5 nitrogen and oxygen atoms in total. The van der Waals surface area contributed by atoms with Crippen LogP contribution in [0.2, 0.25) is 0 Å². The Hall–Kier alpha value is -1.78. The first-order valence-corrected chi connectivity index (χ1v) is 5.62. The predicted molar refractivity (Wildman–Crippen MR) is 68.3 cm³/mol. The van der Waals surface area contributed by atoms with Gasteiger partial charge in [-0.05, 0) is 18.4 Å². The zero-order chi connectivity index (χ0) is 13.0. The molecule has 1 aromatic rings. The van der Waals surface area contributed by atoms with Crippen LogP contribution >= 0.6 is 0 Å². The minimum absolute atomic E-state index is 0.103. The van der Waals surface area contributed by atoms with Crippen molar-refractivity contribution in [3.63, 3.8) is 0 Å². The summed E-state index contributed by atoms with van der Waals surface area (Å²) < 4.78 is 0. The first-order valence-electron chi connectivity index (χ1n) is 5.62. The maximum atomic E-state index is 10.9. The molecule has 0 radical (unpaired) electrons. The summed E-state index contributed by atoms with van der Waals surface area (Å²) in [4.78, 5) is 17.0. The van der Waals surface area contributed by atoms with Crippen LogP contribution < -0.4 is 10.6 Å². The van der Waals surface area contributed by atoms with Gasteiger partial charge in [0.1, 0.15) is 0 Å². The summed E-state index contributed by atoms with van der Waals surface area (Å²) in [6, 6.07) is 1.41. The lowest BCUT2D eigenvalue weighted by atomic mass is 10.1. The monoisotopic (exact) mass is 237 g/mol. The predicted octanol–water partition coefficient (Wildman–Crippen LogP) is 1.84. The van der Waals surface area contributed by atoms with E-state index in [9.17, 15) is 4.79 Å². The molecule has 3 N–H and O–H groups in total. The SMILES string of the molecule is CC(C)CCN(C)c1nccc(C(=O)O)c1N. The number of aromatic carboxylic acids is 1. The lowest BCUT2D eigenvalue weighted by Crippen LogP contribution is -2.23. The fraction of sp³-hybridized carbons (Fsp3) is 0.500. The van der Waals surface area contributed by atoms with Crippen molar-refractivity contribution in [1.29, 1.82) is 0 Å². The third-order valence-corrected chi connectivity index (χ3v) is 2.60. The highest BCUT2D eigenvalue weighted by Gasteiger charge is 2.15. The molecule has 0 spiro atoms. The van der Waals surface area contributed by atoms with Crippen molar-refractivity contribution in [2.75, 3.05) is 24.2 Å². The maximum Gasteiger partial charge on any atom is 0.337 e. The van der Waals surface area contributed by atoms with Crippen molar-refractivity contribution in [3.8, 4) is 0 Å². The van der Waals surface area contributed by atoms with Crippen LogP contribution in [0.4, 0.5) is 11.5 Å². The van der Waals surface area contributed by atoms with Gasteiger partial charge in [0.15, 0.2) is 5.82 Å². The van der Waals surface area contributed by atoms with Crippen molar-refractivity contribution < 1.29 is 9.90 Å². The van der Waals surface area contributed by atoms with Crippen LogP contribution in [0.25, 0.3) is 0 Å². The van der Waals surface area contributed by atoms with E-state index in [1.54, 1.807) is 0 Å². The average Bonchev–Trinajstić information content (AvgIpc) is 2.25. The third kappa shape index (κ3) is 3.34. The molecule has 0 unspecified atom stereocenters. The zero-order valence-corrected chi connectivity index (χ0v) is 10.5. The molecule has 0 aliphatic rings. The van der Waals surface area contributed by atoms with Crippen LogP contribution in [0.5, 0.6) is 0 Å². The molecule has 0 aliphatic heterocycles. The van der Waals surface area contributed by atoms with Gasteiger partial charge in [0.25, 0.3) is 0 Å². The molecule has 0 amide bonds. The summed E-state index contributed by atoms with van der Waals surface area (Å²) in [7, 11) is 1.87. The van der Waals surface area contributed by atoms with E-state index in [2.05, 4.69) is 18.8 Å². The summed E-state index contributed by atoms with van der Waals surface area (Å²) in [5, 5.41) is 8.96. The van der Waals surface area contributed by atoms with Crippen molar-refractivity contribution >= 4 is 17.5 Å². The van der Waals surface area contributed by atoms with Gasteiger partial charge in [-0.15, -0.1) is 0 Å². The number of nitrogen functional groups attached to an aromatic ring is 1. The highest BCUT2D eigenvalue weighted by atomic mass is 16.4. The van der Waals surface area contributed by atoms with E-state index in [0.717, 1.165) is 13.0 Å². The molecule has 0 aromatic carbocycles. The van der Waals surface area contributed by atoms with Crippen LogP contribution in [0.15, 0.2) is 12.3 Å². The lowest BCUT2D eigenvalue weighted by molar-refractivity contribution is 0.0698. The Morgan fingerprint density at radius 3 is 2.76 bits per heavy atom. The molecule has 0 saturated heterocycles. The van der Waals surface area contributed by atoms with Gasteiger partial charge in [-0.3, -0.25) is 0 Å². The summed E-state index contributed by atoms with van der Waals surface area (Å²) >= 11 is 0. The van der Waals surface area contributed by atoms with Crippen molar-refractivity contribution in [1.82, 2.24) is 4.98 Å². The van der Waals surface area contributed by atoms with Crippen LogP contribution in [-0.4, -0.2) is 29.7 Å². The average molecular weight is 237 g/mol. The molecule has 0 atom stereocenters. The Bertz CT molecular complexity index is 405. The second-order valence-electron chi connectivity index (χ2n) is 4.51. The number of carboxylic acids is 1. The minimum Gasteiger partial charge on any atom is -0.478 e. The molecule has 0 fully saturated rings. The molecule has 5 heteroatoms. The molecule has 1 aromatic heterocycles. The van der Waals surface area contributed by atoms with E-state index in [4.69, 9.17) is 10.8 Å². The first-order chi connectivity index (χ1) is 7.93. The standard InChI is InChI=1S/C12H19N3O2/c1-8(2)5-7-15(3)11-10(13)9(12(16)17)4-6-14-11/h4,6,8H,5,7,13H2,1-3H3,(H,16,17). The van der Waals surface area contributed by atoms with Crippen LogP contribution in [-0.2, 0) is 0 Å². The van der Waals surface area contributed by atoms with Gasteiger partial charge in [-0.2, -0.15) is 0 Å². The van der Waals surface area contributed by atoms with Crippen molar-refractivity contribution in [2.24, 2.45) is 5.92 Å². The molecule has 0 aliphatic carbocycles. The molecular weight excluding hydrogens is 218 g/mol. The molecule has 94 valence electrons. The molecule has 0 bridgehead atoms. The second-order valence-corrected chi connectivity index (χ2v) is 4.51. The summed E-state index contributed by atoms with van der Waals surface area (Å²) in [6.07, 6.45) is 2.48. The minimum atomic E-state index is -1.02. The van der Waals surface area contributed by atoms with Gasteiger partial charge >= 0.3 is 5.97 Å². The highest BCUT2D eigenvalue weighted by Crippen LogP contribution is 2.23. The number of anilines is 2. The van der Waals surface area contributed by atoms with E-state index >= 15 is 0 Å². The Morgan fingerprint density at radius 2 is 2.24 bits per heavy atom. The number of hydrogen-bond acceptors (Lipinski definition) is 4. The van der Waals surface area contributed by atoms with Gasteiger partial charge in [0, 0.05) is 19.8 Å². The van der Waals surface area contributed by atoms with Crippen LogP contribution in [0.1, 0.15) is 30.6 Å². The van der Waals surface area contributed by atoms with Crippen molar-refractivity contribution in [3.05, 3.63) is 17.8 Å². The van der Waals surface area contributed by atoms with Gasteiger partial charge < -0.3 is 15.7 Å². The highest BCUT2D eigenvalue weighted by molar-refractivity contribution is 5.96. The van der Waals surface area contributed by atoms with Crippen LogP contribution in [0.3, 0.4) is 0 Å². The van der Waals surface area contributed by atoms with Crippen molar-refractivity contribution in [2.45, 2.75) is 20.3 Å². The fourth-order valence-corrected chi connectivity index (χ4v) is 1.51. The second kappa shape index (κ2) is 5.52. The number of carbonyl (C=O) groups is 1. The first kappa shape index (κ1) is 13.3. The summed E-state index contributed by atoms with van der Waals surface area (Å²) in [6.45, 7) is 5.08. The van der Waals surface area contributed by atoms with Gasteiger partial charge in [0.05, 0.1) is 11.3 Å². The van der Waals surface area contributed by atoms with Crippen LogP contribution in [0, 0.1) is 5.92 Å². The molecule has 1 rings (SSSR count). The van der Waals surface area contributed by atoms with E-state index in [-0.39, 0.29) is 11.3 Å². The number of nitrogens with zero attached hydrogens (tertiary/aromatic N) is 2. The number of carboxylic acid groups (broad SMARTS) is 1. The van der Waals surface area contributed by atoms with Gasteiger partial charge in [-0.1, -0.05) is 13.8 Å². The van der Waals surface area contributed by atoms with Gasteiger partial charge in [-0.25, -0.2) is 9.78 Å². The normalized spacial score (nSPS) is 10.6. The number of hydrogen-bond donors (Lipinski definition) is 2. The van der Waals surface area contributed by atoms with E-state index in [1.165, 1.54) is 12.3 Å². The zero-order valence-electron chi connectivity index (χ0n) is 10.5. The number of rotatable bonds is 5. The Morgan fingerprint density at radius 1 is 1.59 bits per heavy atom. The van der Waals surface area contributed by atoms with E-state index in [0.29, 0.717) is 11.7 Å². The Kier molecular flexibility index (Phi) is 4.31. The van der Waals surface area contributed by atoms with E-state index < -0.39 is 5.97 Å².